The van der Waals surface area contributed by atoms with E-state index in [2.05, 4.69) is 75.5 Å². The summed E-state index contributed by atoms with van der Waals surface area (Å²) >= 11 is 0. The van der Waals surface area contributed by atoms with E-state index in [4.69, 9.17) is 4.74 Å². The molecule has 1 saturated heterocycles. The van der Waals surface area contributed by atoms with Gasteiger partial charge in [0.1, 0.15) is 12.0 Å². The average molecular weight is 802 g/mol. The first-order valence-electron chi connectivity index (χ1n) is 22.4. The normalized spacial score (nSPS) is 42.3. The van der Waals surface area contributed by atoms with Crippen LogP contribution in [0.25, 0.3) is 0 Å². The maximum absolute atomic E-state index is 12.7. The lowest BCUT2D eigenvalue weighted by Crippen LogP contribution is -2.68. The summed E-state index contributed by atoms with van der Waals surface area (Å²) in [6, 6.07) is 5.49. The molecule has 4 saturated carbocycles. The highest BCUT2D eigenvalue weighted by Gasteiger charge is 2.70. The van der Waals surface area contributed by atoms with Crippen molar-refractivity contribution in [2.75, 3.05) is 44.3 Å². The Labute approximate surface area is 343 Å². The number of aromatic nitrogens is 1. The molecule has 2 N–H and O–H groups in total. The molecule has 9 heteroatoms. The summed E-state index contributed by atoms with van der Waals surface area (Å²) in [6.07, 6.45) is 19.5. The van der Waals surface area contributed by atoms with E-state index >= 15 is 0 Å². The standard InChI is InChI=1S/C48H71N3O5S/c1-33(2)35-15-22-48(50-26-27-51-28-30-57(54,55)31-29-51)24-23-45(6)37(41(35)48)11-12-39-44(5)18-16-36(43(3,4)38(44)17-19-46(39,45)7)34-13-20-47(21-14-34,42(52)53)32-56-40-10-8-9-25-49-40/h8-10,13,16,25,35,37-39,41,50H,1,11-12,14-15,17-24,26-32H2,2-7H3,(H,52,53)/t35-,37+,38-,39+,41+,44-,45+,46+,47?,48-/m0/s1. The number of ether oxygens (including phenoxy) is 1. The van der Waals surface area contributed by atoms with Crippen molar-refractivity contribution >= 4 is 15.8 Å². The molecule has 57 heavy (non-hydrogen) atoms. The molecular formula is C48H71N3O5S. The van der Waals surface area contributed by atoms with Crippen LogP contribution >= 0.6 is 0 Å². The minimum absolute atomic E-state index is 0.00623. The van der Waals surface area contributed by atoms with E-state index < -0.39 is 21.2 Å². The molecule has 0 amide bonds. The van der Waals surface area contributed by atoms with Gasteiger partial charge in [-0.05, 0) is 152 Å². The summed E-state index contributed by atoms with van der Waals surface area (Å²) in [4.78, 5) is 19.3. The largest absolute Gasteiger partial charge is 0.481 e. The van der Waals surface area contributed by atoms with Crippen molar-refractivity contribution in [1.29, 1.82) is 0 Å². The highest BCUT2D eigenvalue weighted by molar-refractivity contribution is 7.91. The summed E-state index contributed by atoms with van der Waals surface area (Å²) in [7, 11) is -2.87. The minimum atomic E-state index is -2.87. The third-order valence-electron chi connectivity index (χ3n) is 18.5. The summed E-state index contributed by atoms with van der Waals surface area (Å²) in [5.74, 6) is 3.33. The van der Waals surface area contributed by atoms with Gasteiger partial charge >= 0.3 is 5.97 Å². The van der Waals surface area contributed by atoms with Gasteiger partial charge in [0.05, 0.1) is 11.5 Å². The fourth-order valence-corrected chi connectivity index (χ4v) is 16.5. The van der Waals surface area contributed by atoms with E-state index in [9.17, 15) is 18.3 Å². The average Bonchev–Trinajstić information content (AvgIpc) is 3.55. The number of carboxylic acid groups (broad SMARTS) is 1. The predicted molar refractivity (Wildman–Crippen MR) is 228 cm³/mol. The molecule has 0 radical (unpaired) electrons. The van der Waals surface area contributed by atoms with Gasteiger partial charge in [-0.15, -0.1) is 0 Å². The minimum Gasteiger partial charge on any atom is -0.481 e. The fourth-order valence-electron chi connectivity index (χ4n) is 15.2. The Balaban J connectivity index is 1.01. The van der Waals surface area contributed by atoms with Crippen molar-refractivity contribution in [3.63, 3.8) is 0 Å². The predicted octanol–water partition coefficient (Wildman–Crippen LogP) is 8.91. The van der Waals surface area contributed by atoms with E-state index in [1.807, 2.05) is 12.1 Å². The quantitative estimate of drug-likeness (QED) is 0.226. The molecule has 1 unspecified atom stereocenters. The SMILES string of the molecule is C=C(C)[C@@H]1CC[C@]2(NCCN3CCS(=O)(=O)CC3)CC[C@]3(C)[C@H](CC[C@@H]4[C@@]5(C)CC=C(C6=CCC(COc7ccccn7)(C(=O)O)CC6)C(C)(C)[C@@H]5CC[C@]43C)[C@@H]12. The molecule has 0 spiro atoms. The number of hydrogen-bond acceptors (Lipinski definition) is 7. The van der Waals surface area contributed by atoms with Crippen LogP contribution in [0.15, 0.2) is 59.8 Å². The maximum atomic E-state index is 12.7. The Hall–Kier alpha value is -2.49. The summed E-state index contributed by atoms with van der Waals surface area (Å²) < 4.78 is 30.1. The van der Waals surface area contributed by atoms with Gasteiger partial charge in [-0.2, -0.15) is 0 Å². The zero-order chi connectivity index (χ0) is 40.6. The number of pyridine rings is 1. The first-order chi connectivity index (χ1) is 26.9. The van der Waals surface area contributed by atoms with Gasteiger partial charge in [0.2, 0.25) is 5.88 Å². The van der Waals surface area contributed by atoms with Gasteiger partial charge in [0.15, 0.2) is 9.84 Å². The second-order valence-electron chi connectivity index (χ2n) is 21.3. The third-order valence-corrected chi connectivity index (χ3v) is 20.1. The summed E-state index contributed by atoms with van der Waals surface area (Å²) in [6.45, 7) is 23.3. The highest BCUT2D eigenvalue weighted by atomic mass is 32.2. The van der Waals surface area contributed by atoms with E-state index in [-0.39, 0.29) is 33.8 Å². The lowest BCUT2D eigenvalue weighted by atomic mass is 9.33. The van der Waals surface area contributed by atoms with Crippen molar-refractivity contribution < 1.29 is 23.1 Å². The maximum Gasteiger partial charge on any atom is 0.313 e. The number of nitrogens with zero attached hydrogens (tertiary/aromatic N) is 2. The van der Waals surface area contributed by atoms with Crippen LogP contribution in [0.2, 0.25) is 0 Å². The second-order valence-corrected chi connectivity index (χ2v) is 23.6. The lowest BCUT2D eigenvalue weighted by molar-refractivity contribution is -0.221. The van der Waals surface area contributed by atoms with Crippen LogP contribution < -0.4 is 10.1 Å². The number of nitrogens with one attached hydrogen (secondary N) is 1. The Kier molecular flexibility index (Phi) is 10.6. The Bertz CT molecular complexity index is 1900. The summed E-state index contributed by atoms with van der Waals surface area (Å²) in [5.41, 5.74) is 4.12. The van der Waals surface area contributed by atoms with Gasteiger partial charge < -0.3 is 20.1 Å². The molecule has 1 aromatic heterocycles. The topological polar surface area (TPSA) is 109 Å². The van der Waals surface area contributed by atoms with Crippen molar-refractivity contribution in [2.24, 2.45) is 56.7 Å². The Morgan fingerprint density at radius 2 is 1.72 bits per heavy atom. The molecule has 6 aliphatic carbocycles. The molecule has 5 fully saturated rings. The highest BCUT2D eigenvalue weighted by Crippen LogP contribution is 2.76. The number of carbonyl (C=O) groups is 1. The number of sulfone groups is 1. The molecule has 1 aliphatic heterocycles. The molecule has 314 valence electrons. The van der Waals surface area contributed by atoms with Crippen LogP contribution in [0.3, 0.4) is 0 Å². The van der Waals surface area contributed by atoms with Gasteiger partial charge in [0, 0.05) is 44.0 Å². The van der Waals surface area contributed by atoms with Crippen molar-refractivity contribution in [2.45, 2.75) is 124 Å². The first kappa shape index (κ1) is 41.3. The van der Waals surface area contributed by atoms with Crippen LogP contribution in [-0.2, 0) is 14.6 Å². The zero-order valence-electron chi connectivity index (χ0n) is 35.9. The molecule has 8 nitrogen and oxygen atoms in total. The van der Waals surface area contributed by atoms with E-state index in [1.54, 1.807) is 12.3 Å². The van der Waals surface area contributed by atoms with Crippen molar-refractivity contribution in [3.05, 3.63) is 59.8 Å². The van der Waals surface area contributed by atoms with E-state index in [1.165, 1.54) is 68.1 Å². The van der Waals surface area contributed by atoms with Crippen LogP contribution in [0.1, 0.15) is 119 Å². The molecule has 2 heterocycles. The van der Waals surface area contributed by atoms with Crippen LogP contribution in [0.4, 0.5) is 0 Å². The fraction of sp³-hybridized carbons (Fsp3) is 0.750. The Morgan fingerprint density at radius 1 is 0.947 bits per heavy atom. The van der Waals surface area contributed by atoms with Crippen LogP contribution in [-0.4, -0.2) is 79.2 Å². The van der Waals surface area contributed by atoms with Crippen LogP contribution in [0, 0.1) is 56.7 Å². The molecule has 1 aromatic rings. The van der Waals surface area contributed by atoms with Gasteiger partial charge in [-0.1, -0.05) is 65.0 Å². The number of aliphatic carboxylic acids is 1. The molecular weight excluding hydrogens is 731 g/mol. The number of fused-ring (bicyclic) bond motifs is 7. The first-order valence-corrected chi connectivity index (χ1v) is 24.2. The van der Waals surface area contributed by atoms with Crippen molar-refractivity contribution in [1.82, 2.24) is 15.2 Å². The lowest BCUT2D eigenvalue weighted by Gasteiger charge is -2.72. The third kappa shape index (κ3) is 6.71. The van der Waals surface area contributed by atoms with E-state index in [0.717, 1.165) is 25.9 Å². The number of carboxylic acids is 1. The molecule has 10 atom stereocenters. The molecule has 0 bridgehead atoms. The molecule has 8 rings (SSSR count). The second kappa shape index (κ2) is 14.6. The van der Waals surface area contributed by atoms with Gasteiger partial charge in [-0.25, -0.2) is 13.4 Å². The van der Waals surface area contributed by atoms with Crippen LogP contribution in [0.5, 0.6) is 5.88 Å². The zero-order valence-corrected chi connectivity index (χ0v) is 36.7. The number of hydrogen-bond donors (Lipinski definition) is 2. The Morgan fingerprint density at radius 3 is 2.39 bits per heavy atom. The van der Waals surface area contributed by atoms with Gasteiger partial charge in [0.25, 0.3) is 0 Å². The number of rotatable bonds is 10. The smallest absolute Gasteiger partial charge is 0.313 e. The molecule has 7 aliphatic rings. The number of allylic oxidation sites excluding steroid dienone is 5. The molecule has 0 aromatic carbocycles. The summed E-state index contributed by atoms with van der Waals surface area (Å²) in [5, 5.41) is 14.7. The van der Waals surface area contributed by atoms with E-state index in [0.29, 0.717) is 72.9 Å². The van der Waals surface area contributed by atoms with Crippen molar-refractivity contribution in [3.8, 4) is 5.88 Å². The monoisotopic (exact) mass is 802 g/mol. The van der Waals surface area contributed by atoms with Gasteiger partial charge in [-0.3, -0.25) is 4.79 Å².